The smallest absolute Gasteiger partial charge is 0.185 e. The first-order valence-corrected chi connectivity index (χ1v) is 7.34. The predicted molar refractivity (Wildman–Crippen MR) is 68.7 cm³/mol. The molecule has 0 spiro atoms. The van der Waals surface area contributed by atoms with E-state index in [1.54, 1.807) is 0 Å². The van der Waals surface area contributed by atoms with E-state index in [2.05, 4.69) is 0 Å². The van der Waals surface area contributed by atoms with Gasteiger partial charge in [-0.25, -0.2) is 17.2 Å². The number of hydrogen-bond donors (Lipinski definition) is 0. The summed E-state index contributed by atoms with van der Waals surface area (Å²) in [4.78, 5) is -0.421. The minimum absolute atomic E-state index is 0.102. The zero-order chi connectivity index (χ0) is 14.0. The van der Waals surface area contributed by atoms with Crippen LogP contribution in [-0.2, 0) is 15.6 Å². The second kappa shape index (κ2) is 5.27. The molecule has 0 fully saturated rings. The van der Waals surface area contributed by atoms with Gasteiger partial charge in [0.15, 0.2) is 9.84 Å². The maximum absolute atomic E-state index is 13.5. The SMILES string of the molecule is O=S(=O)(Cc1cc(F)ccc1Cl)c1ccccc1F. The standard InChI is InChI=1S/C13H9ClF2O2S/c14-11-6-5-10(15)7-9(11)8-19(17,18)13-4-2-1-3-12(13)16/h1-7H,8H2. The summed E-state index contributed by atoms with van der Waals surface area (Å²) in [7, 11) is -3.91. The van der Waals surface area contributed by atoms with E-state index < -0.39 is 32.1 Å². The van der Waals surface area contributed by atoms with Gasteiger partial charge in [-0.2, -0.15) is 0 Å². The summed E-state index contributed by atoms with van der Waals surface area (Å²) in [5.41, 5.74) is 0.102. The van der Waals surface area contributed by atoms with E-state index in [9.17, 15) is 17.2 Å². The van der Waals surface area contributed by atoms with Crippen LogP contribution in [0.25, 0.3) is 0 Å². The summed E-state index contributed by atoms with van der Waals surface area (Å²) < 4.78 is 50.7. The first kappa shape index (κ1) is 14.0. The van der Waals surface area contributed by atoms with Crippen LogP contribution in [0.4, 0.5) is 8.78 Å². The van der Waals surface area contributed by atoms with Gasteiger partial charge in [0.1, 0.15) is 16.5 Å². The van der Waals surface area contributed by atoms with Gasteiger partial charge in [-0.3, -0.25) is 0 Å². The predicted octanol–water partition coefficient (Wildman–Crippen LogP) is 3.59. The molecule has 2 aromatic carbocycles. The lowest BCUT2D eigenvalue weighted by Gasteiger charge is -2.07. The molecule has 0 aliphatic carbocycles. The third kappa shape index (κ3) is 3.11. The van der Waals surface area contributed by atoms with E-state index in [1.165, 1.54) is 18.2 Å². The zero-order valence-electron chi connectivity index (χ0n) is 9.61. The van der Waals surface area contributed by atoms with E-state index in [-0.39, 0.29) is 10.6 Å². The molecule has 0 atom stereocenters. The first-order valence-electron chi connectivity index (χ1n) is 5.31. The molecule has 19 heavy (non-hydrogen) atoms. The number of rotatable bonds is 3. The Labute approximate surface area is 114 Å². The topological polar surface area (TPSA) is 34.1 Å². The van der Waals surface area contributed by atoms with Gasteiger partial charge in [-0.15, -0.1) is 0 Å². The van der Waals surface area contributed by atoms with Crippen molar-refractivity contribution in [3.8, 4) is 0 Å². The highest BCUT2D eigenvalue weighted by molar-refractivity contribution is 7.90. The summed E-state index contributed by atoms with van der Waals surface area (Å²) in [5, 5.41) is 0.126. The van der Waals surface area contributed by atoms with Crippen molar-refractivity contribution in [3.63, 3.8) is 0 Å². The van der Waals surface area contributed by atoms with Crippen molar-refractivity contribution in [3.05, 3.63) is 64.7 Å². The fraction of sp³-hybridized carbons (Fsp3) is 0.0769. The van der Waals surface area contributed by atoms with Gasteiger partial charge in [0.05, 0.1) is 5.75 Å². The summed E-state index contributed by atoms with van der Waals surface area (Å²) in [6.45, 7) is 0. The Balaban J connectivity index is 2.43. The van der Waals surface area contributed by atoms with Crippen molar-refractivity contribution >= 4 is 21.4 Å². The zero-order valence-corrected chi connectivity index (χ0v) is 11.2. The van der Waals surface area contributed by atoms with E-state index >= 15 is 0 Å². The quantitative estimate of drug-likeness (QED) is 0.868. The third-order valence-electron chi connectivity index (χ3n) is 2.52. The Hall–Kier alpha value is -1.46. The van der Waals surface area contributed by atoms with Crippen LogP contribution in [0, 0.1) is 11.6 Å². The second-order valence-corrected chi connectivity index (χ2v) is 6.29. The Morgan fingerprint density at radius 2 is 1.74 bits per heavy atom. The van der Waals surface area contributed by atoms with E-state index in [4.69, 9.17) is 11.6 Å². The van der Waals surface area contributed by atoms with Gasteiger partial charge in [-0.05, 0) is 35.9 Å². The van der Waals surface area contributed by atoms with E-state index in [0.29, 0.717) is 0 Å². The van der Waals surface area contributed by atoms with Crippen LogP contribution >= 0.6 is 11.6 Å². The molecule has 100 valence electrons. The largest absolute Gasteiger partial charge is 0.223 e. The molecule has 0 saturated heterocycles. The van der Waals surface area contributed by atoms with Crippen LogP contribution in [0.5, 0.6) is 0 Å². The fourth-order valence-corrected chi connectivity index (χ4v) is 3.35. The van der Waals surface area contributed by atoms with Crippen molar-refractivity contribution in [2.75, 3.05) is 0 Å². The van der Waals surface area contributed by atoms with Gasteiger partial charge in [0, 0.05) is 5.02 Å². The van der Waals surface area contributed by atoms with Gasteiger partial charge in [-0.1, -0.05) is 23.7 Å². The van der Waals surface area contributed by atoms with E-state index in [0.717, 1.165) is 24.3 Å². The molecule has 2 nitrogen and oxygen atoms in total. The van der Waals surface area contributed by atoms with Crippen molar-refractivity contribution < 1.29 is 17.2 Å². The maximum Gasteiger partial charge on any atom is 0.185 e. The summed E-state index contributed by atoms with van der Waals surface area (Å²) >= 11 is 5.80. The van der Waals surface area contributed by atoms with Crippen molar-refractivity contribution in [2.24, 2.45) is 0 Å². The molecule has 2 rings (SSSR count). The Morgan fingerprint density at radius 1 is 1.05 bits per heavy atom. The molecule has 0 N–H and O–H groups in total. The fourth-order valence-electron chi connectivity index (χ4n) is 1.63. The lowest BCUT2D eigenvalue weighted by Crippen LogP contribution is -2.07. The molecule has 0 saturated carbocycles. The summed E-state index contributed by atoms with van der Waals surface area (Å²) in [6, 6.07) is 8.45. The molecule has 0 unspecified atom stereocenters. The van der Waals surface area contributed by atoms with Crippen LogP contribution in [0.3, 0.4) is 0 Å². The van der Waals surface area contributed by atoms with Gasteiger partial charge < -0.3 is 0 Å². The average molecular weight is 303 g/mol. The highest BCUT2D eigenvalue weighted by atomic mass is 35.5. The summed E-state index contributed by atoms with van der Waals surface area (Å²) in [5.74, 6) is -1.98. The molecule has 0 amide bonds. The molecule has 0 heterocycles. The molecule has 6 heteroatoms. The van der Waals surface area contributed by atoms with Gasteiger partial charge in [0.25, 0.3) is 0 Å². The molecule has 0 aliphatic rings. The number of halogens is 3. The lowest BCUT2D eigenvalue weighted by molar-refractivity contribution is 0.566. The van der Waals surface area contributed by atoms with Crippen molar-refractivity contribution in [2.45, 2.75) is 10.6 Å². The Bertz CT molecular complexity index is 714. The molecular weight excluding hydrogens is 294 g/mol. The first-order chi connectivity index (χ1) is 8.90. The molecule has 0 aromatic heterocycles. The monoisotopic (exact) mass is 302 g/mol. The van der Waals surface area contributed by atoms with Crippen molar-refractivity contribution in [1.82, 2.24) is 0 Å². The molecule has 0 aliphatic heterocycles. The van der Waals surface area contributed by atoms with Crippen LogP contribution in [0.1, 0.15) is 5.56 Å². The average Bonchev–Trinajstić information content (AvgIpc) is 2.34. The molecule has 0 bridgehead atoms. The van der Waals surface area contributed by atoms with Crippen LogP contribution in [0.15, 0.2) is 47.4 Å². The van der Waals surface area contributed by atoms with Crippen LogP contribution < -0.4 is 0 Å². The number of benzene rings is 2. The Kier molecular flexibility index (Phi) is 3.87. The summed E-state index contributed by atoms with van der Waals surface area (Å²) in [6.07, 6.45) is 0. The van der Waals surface area contributed by atoms with Crippen molar-refractivity contribution in [1.29, 1.82) is 0 Å². The van der Waals surface area contributed by atoms with E-state index in [1.807, 2.05) is 0 Å². The highest BCUT2D eigenvalue weighted by Gasteiger charge is 2.20. The highest BCUT2D eigenvalue weighted by Crippen LogP contribution is 2.24. The minimum atomic E-state index is -3.91. The van der Waals surface area contributed by atoms with Crippen LogP contribution in [-0.4, -0.2) is 8.42 Å². The lowest BCUT2D eigenvalue weighted by atomic mass is 10.2. The Morgan fingerprint density at radius 3 is 2.42 bits per heavy atom. The van der Waals surface area contributed by atoms with Crippen LogP contribution in [0.2, 0.25) is 5.02 Å². The number of hydrogen-bond acceptors (Lipinski definition) is 2. The molecule has 0 radical (unpaired) electrons. The third-order valence-corrected chi connectivity index (χ3v) is 4.59. The second-order valence-electron chi connectivity index (χ2n) is 3.93. The van der Waals surface area contributed by atoms with Gasteiger partial charge >= 0.3 is 0 Å². The number of sulfone groups is 1. The van der Waals surface area contributed by atoms with Gasteiger partial charge in [0.2, 0.25) is 0 Å². The maximum atomic E-state index is 13.5. The molecular formula is C13H9ClF2O2S. The normalized spacial score (nSPS) is 11.5. The minimum Gasteiger partial charge on any atom is -0.223 e. The molecule has 2 aromatic rings.